The molecule has 2 unspecified atom stereocenters. The largest absolute Gasteiger partial charge is 0.314 e. The van der Waals surface area contributed by atoms with E-state index >= 15 is 0 Å². The summed E-state index contributed by atoms with van der Waals surface area (Å²) in [4.78, 5) is 0. The van der Waals surface area contributed by atoms with Crippen molar-refractivity contribution in [3.8, 4) is 0 Å². The Morgan fingerprint density at radius 1 is 1.07 bits per heavy atom. The lowest BCUT2D eigenvalue weighted by Gasteiger charge is -2.08. The molecule has 76 valence electrons. The molecule has 0 spiro atoms. The summed E-state index contributed by atoms with van der Waals surface area (Å²) < 4.78 is 0. The fourth-order valence-electron chi connectivity index (χ4n) is 1.30. The van der Waals surface area contributed by atoms with Crippen molar-refractivity contribution in [2.24, 2.45) is 0 Å². The first-order chi connectivity index (χ1) is 6.74. The van der Waals surface area contributed by atoms with Crippen molar-refractivity contribution in [3.63, 3.8) is 0 Å². The van der Waals surface area contributed by atoms with E-state index in [0.29, 0.717) is 12.0 Å². The van der Waals surface area contributed by atoms with Gasteiger partial charge in [0.15, 0.2) is 0 Å². The van der Waals surface area contributed by atoms with Crippen LogP contribution < -0.4 is 5.32 Å². The molecule has 1 heteroatoms. The van der Waals surface area contributed by atoms with Crippen molar-refractivity contribution < 1.29 is 0 Å². The van der Waals surface area contributed by atoms with Gasteiger partial charge in [-0.3, -0.25) is 0 Å². The second-order valence-corrected chi connectivity index (χ2v) is 3.66. The van der Waals surface area contributed by atoms with Crippen LogP contribution in [0.15, 0.2) is 42.5 Å². The molecule has 0 heterocycles. The van der Waals surface area contributed by atoms with E-state index in [4.69, 9.17) is 0 Å². The first-order valence-electron chi connectivity index (χ1n) is 5.14. The minimum atomic E-state index is 0.446. The summed E-state index contributed by atoms with van der Waals surface area (Å²) in [7, 11) is 1.97. The van der Waals surface area contributed by atoms with Crippen LogP contribution in [0.25, 0.3) is 0 Å². The van der Waals surface area contributed by atoms with Gasteiger partial charge in [0, 0.05) is 6.04 Å². The molecule has 0 aromatic heterocycles. The molecule has 1 rings (SSSR count). The number of likely N-dealkylation sites (N-methyl/N-ethyl adjacent to an activating group) is 1. The molecule has 1 N–H and O–H groups in total. The third kappa shape index (κ3) is 3.35. The zero-order valence-corrected chi connectivity index (χ0v) is 9.20. The smallest absolute Gasteiger partial charge is 0.0218 e. The molecule has 0 saturated heterocycles. The lowest BCUT2D eigenvalue weighted by molar-refractivity contribution is 0.723. The Hall–Kier alpha value is -1.08. The van der Waals surface area contributed by atoms with Gasteiger partial charge in [0.1, 0.15) is 0 Å². The van der Waals surface area contributed by atoms with Gasteiger partial charge < -0.3 is 5.32 Å². The molecule has 0 bridgehead atoms. The topological polar surface area (TPSA) is 12.0 Å². The van der Waals surface area contributed by atoms with Gasteiger partial charge in [0.25, 0.3) is 0 Å². The SMILES string of the molecule is CNC(C)/C=C/C(C)c1ccccc1. The highest BCUT2D eigenvalue weighted by Gasteiger charge is 1.99. The molecule has 1 aromatic rings. The fraction of sp³-hybridized carbons (Fsp3) is 0.385. The van der Waals surface area contributed by atoms with Gasteiger partial charge in [-0.2, -0.15) is 0 Å². The summed E-state index contributed by atoms with van der Waals surface area (Å²) in [6.07, 6.45) is 4.45. The van der Waals surface area contributed by atoms with Crippen LogP contribution in [0.3, 0.4) is 0 Å². The maximum atomic E-state index is 3.18. The van der Waals surface area contributed by atoms with Crippen LogP contribution in [0.4, 0.5) is 0 Å². The van der Waals surface area contributed by atoms with Crippen molar-refractivity contribution >= 4 is 0 Å². The highest BCUT2D eigenvalue weighted by molar-refractivity contribution is 5.23. The van der Waals surface area contributed by atoms with E-state index in [0.717, 1.165) is 0 Å². The normalized spacial score (nSPS) is 15.6. The molecule has 0 aliphatic rings. The average Bonchev–Trinajstić information content (AvgIpc) is 2.26. The Bertz CT molecular complexity index is 277. The third-order valence-electron chi connectivity index (χ3n) is 2.47. The average molecular weight is 189 g/mol. The van der Waals surface area contributed by atoms with Gasteiger partial charge in [-0.05, 0) is 25.5 Å². The first-order valence-corrected chi connectivity index (χ1v) is 5.14. The maximum Gasteiger partial charge on any atom is 0.0218 e. The molecular weight excluding hydrogens is 170 g/mol. The van der Waals surface area contributed by atoms with E-state index in [1.165, 1.54) is 5.56 Å². The maximum absolute atomic E-state index is 3.18. The molecule has 14 heavy (non-hydrogen) atoms. The number of benzene rings is 1. The minimum absolute atomic E-state index is 0.446. The summed E-state index contributed by atoms with van der Waals surface area (Å²) in [6, 6.07) is 11.0. The number of hydrogen-bond donors (Lipinski definition) is 1. The van der Waals surface area contributed by atoms with E-state index < -0.39 is 0 Å². The Morgan fingerprint density at radius 2 is 1.71 bits per heavy atom. The molecule has 0 saturated carbocycles. The molecule has 0 amide bonds. The van der Waals surface area contributed by atoms with Gasteiger partial charge in [-0.15, -0.1) is 0 Å². The van der Waals surface area contributed by atoms with Crippen molar-refractivity contribution in [2.45, 2.75) is 25.8 Å². The van der Waals surface area contributed by atoms with E-state index in [1.54, 1.807) is 0 Å². The Balaban J connectivity index is 2.59. The van der Waals surface area contributed by atoms with Gasteiger partial charge in [-0.25, -0.2) is 0 Å². The van der Waals surface area contributed by atoms with E-state index in [2.05, 4.69) is 61.6 Å². The number of rotatable bonds is 4. The van der Waals surface area contributed by atoms with Gasteiger partial charge in [0.05, 0.1) is 0 Å². The van der Waals surface area contributed by atoms with Gasteiger partial charge >= 0.3 is 0 Å². The number of nitrogens with one attached hydrogen (secondary N) is 1. The van der Waals surface area contributed by atoms with Crippen LogP contribution in [0.1, 0.15) is 25.3 Å². The zero-order chi connectivity index (χ0) is 10.4. The summed E-state index contributed by atoms with van der Waals surface area (Å²) in [5.74, 6) is 0.493. The van der Waals surface area contributed by atoms with Crippen molar-refractivity contribution in [1.82, 2.24) is 5.32 Å². The van der Waals surface area contributed by atoms with Crippen LogP contribution in [0.5, 0.6) is 0 Å². The number of allylic oxidation sites excluding steroid dienone is 1. The molecular formula is C13H19N. The summed E-state index contributed by atoms with van der Waals surface area (Å²) in [6.45, 7) is 4.36. The van der Waals surface area contributed by atoms with Crippen LogP contribution in [0, 0.1) is 0 Å². The first kappa shape index (κ1) is 11.0. The Morgan fingerprint density at radius 3 is 2.29 bits per heavy atom. The molecule has 0 aliphatic carbocycles. The highest BCUT2D eigenvalue weighted by atomic mass is 14.8. The second-order valence-electron chi connectivity index (χ2n) is 3.66. The van der Waals surface area contributed by atoms with Gasteiger partial charge in [0.2, 0.25) is 0 Å². The fourth-order valence-corrected chi connectivity index (χ4v) is 1.30. The van der Waals surface area contributed by atoms with Crippen LogP contribution in [-0.2, 0) is 0 Å². The van der Waals surface area contributed by atoms with Crippen LogP contribution in [-0.4, -0.2) is 13.1 Å². The van der Waals surface area contributed by atoms with Crippen LogP contribution in [0.2, 0.25) is 0 Å². The van der Waals surface area contributed by atoms with Crippen molar-refractivity contribution in [1.29, 1.82) is 0 Å². The number of hydrogen-bond acceptors (Lipinski definition) is 1. The predicted molar refractivity (Wildman–Crippen MR) is 62.5 cm³/mol. The minimum Gasteiger partial charge on any atom is -0.314 e. The van der Waals surface area contributed by atoms with E-state index in [1.807, 2.05) is 7.05 Å². The summed E-state index contributed by atoms with van der Waals surface area (Å²) in [5, 5.41) is 3.18. The summed E-state index contributed by atoms with van der Waals surface area (Å²) in [5.41, 5.74) is 1.37. The quantitative estimate of drug-likeness (QED) is 0.718. The molecule has 1 nitrogen and oxygen atoms in total. The van der Waals surface area contributed by atoms with Crippen molar-refractivity contribution in [3.05, 3.63) is 48.0 Å². The molecule has 2 atom stereocenters. The standard InChI is InChI=1S/C13H19N/c1-11(9-10-12(2)14-3)13-7-5-4-6-8-13/h4-12,14H,1-3H3/b10-9+. The molecule has 0 fully saturated rings. The zero-order valence-electron chi connectivity index (χ0n) is 9.20. The van der Waals surface area contributed by atoms with Crippen molar-refractivity contribution in [2.75, 3.05) is 7.05 Å². The monoisotopic (exact) mass is 189 g/mol. The van der Waals surface area contributed by atoms with Gasteiger partial charge in [-0.1, -0.05) is 49.4 Å². The van der Waals surface area contributed by atoms with E-state index in [-0.39, 0.29) is 0 Å². The lowest BCUT2D eigenvalue weighted by Crippen LogP contribution is -2.18. The second kappa shape index (κ2) is 5.61. The summed E-state index contributed by atoms with van der Waals surface area (Å²) >= 11 is 0. The predicted octanol–water partition coefficient (Wildman–Crippen LogP) is 2.95. The third-order valence-corrected chi connectivity index (χ3v) is 2.47. The van der Waals surface area contributed by atoms with E-state index in [9.17, 15) is 0 Å². The van der Waals surface area contributed by atoms with Crippen LogP contribution >= 0.6 is 0 Å². The highest BCUT2D eigenvalue weighted by Crippen LogP contribution is 2.15. The molecule has 0 aliphatic heterocycles. The molecule has 1 aromatic carbocycles. The molecule has 0 radical (unpaired) electrons. The Labute approximate surface area is 86.8 Å². The Kier molecular flexibility index (Phi) is 4.41. The lowest BCUT2D eigenvalue weighted by atomic mass is 10.0.